The number of likely N-dealkylation sites (tertiary alicyclic amines) is 1. The number of nitrogens with one attached hydrogen (secondary N) is 2. The Hall–Kier alpha value is -1.85. The zero-order valence-corrected chi connectivity index (χ0v) is 15.9. The van der Waals surface area contributed by atoms with Crippen LogP contribution >= 0.6 is 15.9 Å². The smallest absolute Gasteiger partial charge is 0.255 e. The second-order valence-electron chi connectivity index (χ2n) is 7.12. The highest BCUT2D eigenvalue weighted by atomic mass is 79.9. The maximum atomic E-state index is 12.5. The molecule has 2 heterocycles. The van der Waals surface area contributed by atoms with Crippen molar-refractivity contribution in [3.63, 3.8) is 0 Å². The van der Waals surface area contributed by atoms with Crippen LogP contribution in [-0.4, -0.2) is 29.6 Å². The summed E-state index contributed by atoms with van der Waals surface area (Å²) in [6.45, 7) is 5.03. The summed E-state index contributed by atoms with van der Waals surface area (Å²) in [7, 11) is 0. The largest absolute Gasteiger partial charge is 0.362 e. The van der Waals surface area contributed by atoms with E-state index in [9.17, 15) is 4.79 Å². The predicted molar refractivity (Wildman–Crippen MR) is 104 cm³/mol. The number of benzene rings is 2. The summed E-state index contributed by atoms with van der Waals surface area (Å²) >= 11 is 3.44. The molecule has 2 aliphatic heterocycles. The molecule has 1 saturated heterocycles. The number of halogens is 1. The second-order valence-corrected chi connectivity index (χ2v) is 8.03. The van der Waals surface area contributed by atoms with Crippen LogP contribution in [-0.2, 0) is 6.54 Å². The third kappa shape index (κ3) is 3.44. The maximum absolute atomic E-state index is 12.5. The minimum absolute atomic E-state index is 0.0159. The summed E-state index contributed by atoms with van der Waals surface area (Å²) < 4.78 is 0.923. The van der Waals surface area contributed by atoms with Gasteiger partial charge in [0, 0.05) is 42.6 Å². The van der Waals surface area contributed by atoms with Gasteiger partial charge in [-0.1, -0.05) is 45.8 Å². The van der Waals surface area contributed by atoms with Gasteiger partial charge >= 0.3 is 0 Å². The van der Waals surface area contributed by atoms with Gasteiger partial charge in [-0.05, 0) is 30.7 Å². The van der Waals surface area contributed by atoms with Crippen molar-refractivity contribution in [3.8, 4) is 0 Å². The molecule has 0 radical (unpaired) electrons. The van der Waals surface area contributed by atoms with E-state index in [1.807, 2.05) is 18.2 Å². The van der Waals surface area contributed by atoms with E-state index in [0.717, 1.165) is 42.6 Å². The first-order valence-electron chi connectivity index (χ1n) is 8.71. The topological polar surface area (TPSA) is 44.4 Å². The number of fused-ring (bicyclic) bond motifs is 1. The average Bonchev–Trinajstić information content (AvgIpc) is 2.58. The van der Waals surface area contributed by atoms with Crippen LogP contribution in [0.4, 0.5) is 5.69 Å². The third-order valence-corrected chi connectivity index (χ3v) is 5.64. The number of hydrogen-bond acceptors (Lipinski definition) is 3. The lowest BCUT2D eigenvalue weighted by molar-refractivity contribution is 0.0822. The minimum atomic E-state index is -0.318. The van der Waals surface area contributed by atoms with E-state index < -0.39 is 0 Å². The fourth-order valence-corrected chi connectivity index (χ4v) is 4.16. The number of carbonyl (C=O) groups is 1. The molecule has 0 bridgehead atoms. The Morgan fingerprint density at radius 3 is 2.68 bits per heavy atom. The van der Waals surface area contributed by atoms with Crippen molar-refractivity contribution < 1.29 is 4.79 Å². The summed E-state index contributed by atoms with van der Waals surface area (Å²) in [5.41, 5.74) is 3.98. The van der Waals surface area contributed by atoms with Gasteiger partial charge in [-0.25, -0.2) is 0 Å². The Kier molecular flexibility index (Phi) is 4.29. The SMILES string of the molecule is Cc1cccc(CN2CCC3(CC2)NC(=O)c2cc(Br)ccc2N3)c1. The number of piperidine rings is 1. The van der Waals surface area contributed by atoms with Crippen LogP contribution in [0.15, 0.2) is 46.9 Å². The Bertz CT molecular complexity index is 812. The Labute approximate surface area is 156 Å². The van der Waals surface area contributed by atoms with Crippen LogP contribution in [0.1, 0.15) is 34.3 Å². The molecule has 0 saturated carbocycles. The molecule has 130 valence electrons. The van der Waals surface area contributed by atoms with Gasteiger partial charge < -0.3 is 10.6 Å². The van der Waals surface area contributed by atoms with E-state index in [1.54, 1.807) is 0 Å². The minimum Gasteiger partial charge on any atom is -0.362 e. The highest BCUT2D eigenvalue weighted by Crippen LogP contribution is 2.33. The van der Waals surface area contributed by atoms with Crippen LogP contribution in [0.2, 0.25) is 0 Å². The quantitative estimate of drug-likeness (QED) is 0.804. The molecule has 25 heavy (non-hydrogen) atoms. The lowest BCUT2D eigenvalue weighted by Gasteiger charge is -2.46. The molecule has 0 unspecified atom stereocenters. The molecule has 0 atom stereocenters. The Balaban J connectivity index is 1.45. The fraction of sp³-hybridized carbons (Fsp3) is 0.350. The van der Waals surface area contributed by atoms with Crippen LogP contribution in [0.25, 0.3) is 0 Å². The number of aryl methyl sites for hydroxylation is 1. The van der Waals surface area contributed by atoms with Crippen molar-refractivity contribution in [2.45, 2.75) is 32.0 Å². The van der Waals surface area contributed by atoms with Crippen molar-refractivity contribution in [1.29, 1.82) is 0 Å². The lowest BCUT2D eigenvalue weighted by Crippen LogP contribution is -2.62. The van der Waals surface area contributed by atoms with Gasteiger partial charge in [0.05, 0.1) is 5.56 Å². The first-order valence-corrected chi connectivity index (χ1v) is 9.50. The fourth-order valence-electron chi connectivity index (χ4n) is 3.80. The zero-order chi connectivity index (χ0) is 17.4. The molecular formula is C20H22BrN3O. The molecular weight excluding hydrogens is 378 g/mol. The van der Waals surface area contributed by atoms with Crippen LogP contribution < -0.4 is 10.6 Å². The van der Waals surface area contributed by atoms with Crippen molar-refractivity contribution in [3.05, 3.63) is 63.6 Å². The molecule has 2 N–H and O–H groups in total. The number of hydrogen-bond donors (Lipinski definition) is 2. The standard InChI is InChI=1S/C20H22BrN3O/c1-14-3-2-4-15(11-14)13-24-9-7-20(8-10-24)22-18-6-5-16(21)12-17(18)19(25)23-20/h2-6,11-12,22H,7-10,13H2,1H3,(H,23,25). The molecule has 2 aromatic rings. The molecule has 1 spiro atoms. The zero-order valence-electron chi connectivity index (χ0n) is 14.3. The molecule has 2 aromatic carbocycles. The molecule has 4 rings (SSSR count). The first-order chi connectivity index (χ1) is 12.0. The van der Waals surface area contributed by atoms with Crippen LogP contribution in [0, 0.1) is 6.92 Å². The number of amides is 1. The molecule has 0 aliphatic carbocycles. The van der Waals surface area contributed by atoms with Crippen LogP contribution in [0.5, 0.6) is 0 Å². The van der Waals surface area contributed by atoms with Crippen molar-refractivity contribution in [2.24, 2.45) is 0 Å². The third-order valence-electron chi connectivity index (χ3n) is 5.15. The highest BCUT2D eigenvalue weighted by Gasteiger charge is 2.40. The first kappa shape index (κ1) is 16.6. The molecule has 5 heteroatoms. The second kappa shape index (κ2) is 6.46. The van der Waals surface area contributed by atoms with Gasteiger partial charge in [-0.15, -0.1) is 0 Å². The lowest BCUT2D eigenvalue weighted by atomic mass is 9.92. The van der Waals surface area contributed by atoms with Gasteiger partial charge in [0.25, 0.3) is 5.91 Å². The van der Waals surface area contributed by atoms with E-state index in [2.05, 4.69) is 62.7 Å². The predicted octanol–water partition coefficient (Wildman–Crippen LogP) is 3.91. The van der Waals surface area contributed by atoms with Crippen molar-refractivity contribution in [1.82, 2.24) is 10.2 Å². The number of nitrogens with zero attached hydrogens (tertiary/aromatic N) is 1. The van der Waals surface area contributed by atoms with Gasteiger partial charge in [-0.2, -0.15) is 0 Å². The normalized spacial score (nSPS) is 19.2. The molecule has 1 fully saturated rings. The van der Waals surface area contributed by atoms with Crippen molar-refractivity contribution >= 4 is 27.5 Å². The highest BCUT2D eigenvalue weighted by molar-refractivity contribution is 9.10. The van der Waals surface area contributed by atoms with E-state index in [1.165, 1.54) is 11.1 Å². The number of rotatable bonds is 2. The van der Waals surface area contributed by atoms with Crippen molar-refractivity contribution in [2.75, 3.05) is 18.4 Å². The molecule has 4 nitrogen and oxygen atoms in total. The van der Waals surface area contributed by atoms with Gasteiger partial charge in [0.2, 0.25) is 0 Å². The maximum Gasteiger partial charge on any atom is 0.255 e. The van der Waals surface area contributed by atoms with Crippen LogP contribution in [0.3, 0.4) is 0 Å². The summed E-state index contributed by atoms with van der Waals surface area (Å²) in [5, 5.41) is 6.80. The summed E-state index contributed by atoms with van der Waals surface area (Å²) in [6, 6.07) is 14.5. The van der Waals surface area contributed by atoms with E-state index in [4.69, 9.17) is 0 Å². The van der Waals surface area contributed by atoms with E-state index in [0.29, 0.717) is 5.56 Å². The summed E-state index contributed by atoms with van der Waals surface area (Å²) in [5.74, 6) is 0.0159. The number of carbonyl (C=O) groups excluding carboxylic acids is 1. The van der Waals surface area contributed by atoms with Gasteiger partial charge in [0.1, 0.15) is 5.66 Å². The number of anilines is 1. The molecule has 1 amide bonds. The average molecular weight is 400 g/mol. The monoisotopic (exact) mass is 399 g/mol. The Morgan fingerprint density at radius 1 is 1.12 bits per heavy atom. The molecule has 2 aliphatic rings. The molecule has 0 aromatic heterocycles. The Morgan fingerprint density at radius 2 is 1.92 bits per heavy atom. The van der Waals surface area contributed by atoms with Gasteiger partial charge in [0.15, 0.2) is 0 Å². The van der Waals surface area contributed by atoms with E-state index in [-0.39, 0.29) is 11.6 Å². The van der Waals surface area contributed by atoms with Gasteiger partial charge in [-0.3, -0.25) is 9.69 Å². The van der Waals surface area contributed by atoms with E-state index >= 15 is 0 Å². The summed E-state index contributed by atoms with van der Waals surface area (Å²) in [4.78, 5) is 15.0. The summed E-state index contributed by atoms with van der Waals surface area (Å²) in [6.07, 6.45) is 1.81.